The van der Waals surface area contributed by atoms with E-state index in [9.17, 15) is 0 Å². The van der Waals surface area contributed by atoms with Crippen LogP contribution in [0.5, 0.6) is 0 Å². The van der Waals surface area contributed by atoms with Gasteiger partial charge in [0, 0.05) is 50.3 Å². The lowest BCUT2D eigenvalue weighted by molar-refractivity contribution is -0.133. The molecule has 0 spiro atoms. The summed E-state index contributed by atoms with van der Waals surface area (Å²) < 4.78 is 6.02. The van der Waals surface area contributed by atoms with Crippen molar-refractivity contribution >= 4 is 5.96 Å². The second-order valence-electron chi connectivity index (χ2n) is 7.93. The van der Waals surface area contributed by atoms with Crippen molar-refractivity contribution in [2.75, 3.05) is 53.4 Å². The van der Waals surface area contributed by atoms with Crippen LogP contribution in [0.3, 0.4) is 0 Å². The van der Waals surface area contributed by atoms with Crippen molar-refractivity contribution in [2.24, 2.45) is 10.4 Å². The summed E-state index contributed by atoms with van der Waals surface area (Å²) in [6.07, 6.45) is 3.73. The van der Waals surface area contributed by atoms with Crippen LogP contribution in [0.4, 0.5) is 0 Å². The number of likely N-dealkylation sites (N-methyl/N-ethyl adjacent to an activating group) is 2. The molecule has 0 radical (unpaired) electrons. The van der Waals surface area contributed by atoms with Crippen molar-refractivity contribution in [3.63, 3.8) is 0 Å². The van der Waals surface area contributed by atoms with Gasteiger partial charge in [-0.1, -0.05) is 13.8 Å². The normalized spacial score (nSPS) is 30.1. The second-order valence-corrected chi connectivity index (χ2v) is 7.93. The first-order valence-corrected chi connectivity index (χ1v) is 10.6. The fourth-order valence-electron chi connectivity index (χ4n) is 4.56. The fourth-order valence-corrected chi connectivity index (χ4v) is 4.56. The lowest BCUT2D eigenvalue weighted by Crippen LogP contribution is -2.65. The Balaban J connectivity index is 2.00. The Kier molecular flexibility index (Phi) is 8.17. The lowest BCUT2D eigenvalue weighted by atomic mass is 9.58. The lowest BCUT2D eigenvalue weighted by Gasteiger charge is -2.55. The minimum absolute atomic E-state index is 0.230. The van der Waals surface area contributed by atoms with Gasteiger partial charge >= 0.3 is 0 Å². The molecule has 0 aromatic rings. The number of guanidine groups is 1. The van der Waals surface area contributed by atoms with E-state index in [1.165, 1.54) is 0 Å². The first-order chi connectivity index (χ1) is 12.5. The molecule has 6 heteroatoms. The molecular formula is C20H41N5O. The van der Waals surface area contributed by atoms with E-state index in [0.717, 1.165) is 64.6 Å². The van der Waals surface area contributed by atoms with Gasteiger partial charge in [0.05, 0.1) is 12.6 Å². The molecule has 3 atom stereocenters. The molecule has 1 aliphatic heterocycles. The Labute approximate surface area is 160 Å². The molecule has 1 aliphatic carbocycles. The van der Waals surface area contributed by atoms with Crippen molar-refractivity contribution in [2.45, 2.75) is 65.1 Å². The first kappa shape index (κ1) is 21.5. The van der Waals surface area contributed by atoms with Gasteiger partial charge in [0.2, 0.25) is 0 Å². The second kappa shape index (κ2) is 9.90. The van der Waals surface area contributed by atoms with Crippen molar-refractivity contribution in [1.82, 2.24) is 20.4 Å². The minimum Gasteiger partial charge on any atom is -0.378 e. The highest BCUT2D eigenvalue weighted by atomic mass is 16.5. The smallest absolute Gasteiger partial charge is 0.191 e. The maximum absolute atomic E-state index is 6.02. The van der Waals surface area contributed by atoms with E-state index in [1.54, 1.807) is 0 Å². The Morgan fingerprint density at radius 2 is 1.88 bits per heavy atom. The van der Waals surface area contributed by atoms with Gasteiger partial charge < -0.3 is 20.3 Å². The average Bonchev–Trinajstić information content (AvgIpc) is 2.62. The van der Waals surface area contributed by atoms with Gasteiger partial charge in [-0.3, -0.25) is 9.89 Å². The number of hydrogen-bond acceptors (Lipinski definition) is 4. The number of ether oxygens (including phenoxy) is 1. The predicted molar refractivity (Wildman–Crippen MR) is 110 cm³/mol. The Hall–Kier alpha value is -0.850. The molecule has 2 fully saturated rings. The maximum atomic E-state index is 6.02. The fraction of sp³-hybridized carbons (Fsp3) is 0.950. The van der Waals surface area contributed by atoms with E-state index < -0.39 is 0 Å². The zero-order valence-corrected chi connectivity index (χ0v) is 17.8. The van der Waals surface area contributed by atoms with Gasteiger partial charge in [0.15, 0.2) is 5.96 Å². The zero-order valence-electron chi connectivity index (χ0n) is 17.8. The van der Waals surface area contributed by atoms with Crippen LogP contribution in [-0.2, 0) is 4.74 Å². The summed E-state index contributed by atoms with van der Waals surface area (Å²) >= 11 is 0. The van der Waals surface area contributed by atoms with E-state index in [1.807, 2.05) is 0 Å². The molecule has 1 saturated heterocycles. The number of hydrogen-bond donors (Lipinski definition) is 2. The number of nitrogens with zero attached hydrogens (tertiary/aromatic N) is 3. The van der Waals surface area contributed by atoms with Crippen molar-refractivity contribution in [3.8, 4) is 0 Å². The molecule has 26 heavy (non-hydrogen) atoms. The highest BCUT2D eigenvalue weighted by molar-refractivity contribution is 5.80. The molecule has 0 aromatic carbocycles. The van der Waals surface area contributed by atoms with E-state index in [0.29, 0.717) is 18.2 Å². The van der Waals surface area contributed by atoms with Crippen LogP contribution >= 0.6 is 0 Å². The predicted octanol–water partition coefficient (Wildman–Crippen LogP) is 1.77. The molecule has 6 nitrogen and oxygen atoms in total. The van der Waals surface area contributed by atoms with Crippen LogP contribution in [0.2, 0.25) is 0 Å². The van der Waals surface area contributed by atoms with E-state index in [4.69, 9.17) is 9.73 Å². The van der Waals surface area contributed by atoms with Crippen molar-refractivity contribution in [3.05, 3.63) is 0 Å². The zero-order chi connectivity index (χ0) is 19.2. The Morgan fingerprint density at radius 3 is 2.50 bits per heavy atom. The van der Waals surface area contributed by atoms with Gasteiger partial charge in [-0.15, -0.1) is 0 Å². The van der Waals surface area contributed by atoms with Crippen LogP contribution < -0.4 is 10.6 Å². The molecule has 1 heterocycles. The third-order valence-corrected chi connectivity index (χ3v) is 6.56. The van der Waals surface area contributed by atoms with Crippen LogP contribution in [-0.4, -0.2) is 87.4 Å². The Morgan fingerprint density at radius 1 is 1.15 bits per heavy atom. The monoisotopic (exact) mass is 367 g/mol. The van der Waals surface area contributed by atoms with Crippen LogP contribution in [0.1, 0.15) is 47.0 Å². The third-order valence-electron chi connectivity index (χ3n) is 6.56. The molecule has 1 saturated carbocycles. The summed E-state index contributed by atoms with van der Waals surface area (Å²) in [5.41, 5.74) is 0.230. The van der Waals surface area contributed by atoms with Crippen molar-refractivity contribution in [1.29, 1.82) is 0 Å². The van der Waals surface area contributed by atoms with E-state index >= 15 is 0 Å². The van der Waals surface area contributed by atoms with E-state index in [-0.39, 0.29) is 5.41 Å². The van der Waals surface area contributed by atoms with Gasteiger partial charge in [0.25, 0.3) is 0 Å². The summed E-state index contributed by atoms with van der Waals surface area (Å²) in [7, 11) is 4.41. The quantitative estimate of drug-likeness (QED) is 0.506. The number of aliphatic imine (C=N–C) groups is 1. The number of rotatable bonds is 8. The average molecular weight is 368 g/mol. The highest BCUT2D eigenvalue weighted by Crippen LogP contribution is 2.48. The van der Waals surface area contributed by atoms with Crippen molar-refractivity contribution < 1.29 is 4.74 Å². The van der Waals surface area contributed by atoms with Crippen LogP contribution in [0.25, 0.3) is 0 Å². The third kappa shape index (κ3) is 4.70. The molecule has 0 amide bonds. The summed E-state index contributed by atoms with van der Waals surface area (Å²) in [5.74, 6) is 0.959. The number of nitrogens with one attached hydrogen (secondary N) is 2. The molecule has 3 unspecified atom stereocenters. The standard InChI is InChI=1S/C20H41N5O/c1-7-20(8-2)17(13-18(20)26-10-4)23-19(21-9-3)22-14-16-15-24(5)11-12-25(16)6/h16-18H,7-15H2,1-6H3,(H2,21,22,23). The molecular weight excluding hydrogens is 326 g/mol. The SMILES string of the molecule is CCNC(=NCC1CN(C)CCN1C)NC1CC(OCC)C1(CC)CC. The topological polar surface area (TPSA) is 52.1 Å². The summed E-state index contributed by atoms with van der Waals surface area (Å²) in [6, 6.07) is 0.933. The van der Waals surface area contributed by atoms with Gasteiger partial charge in [0.1, 0.15) is 0 Å². The van der Waals surface area contributed by atoms with Gasteiger partial charge in [-0.25, -0.2) is 0 Å². The van der Waals surface area contributed by atoms with Crippen LogP contribution in [0.15, 0.2) is 4.99 Å². The summed E-state index contributed by atoms with van der Waals surface area (Å²) in [5, 5.41) is 7.17. The molecule has 2 rings (SSSR count). The Bertz CT molecular complexity index is 451. The van der Waals surface area contributed by atoms with E-state index in [2.05, 4.69) is 62.2 Å². The van der Waals surface area contributed by atoms with Crippen LogP contribution in [0, 0.1) is 5.41 Å². The van der Waals surface area contributed by atoms with Gasteiger partial charge in [-0.05, 0) is 47.2 Å². The minimum atomic E-state index is 0.230. The maximum Gasteiger partial charge on any atom is 0.191 e. The van der Waals surface area contributed by atoms with Gasteiger partial charge in [-0.2, -0.15) is 0 Å². The molecule has 0 bridgehead atoms. The number of piperazine rings is 1. The molecule has 0 aromatic heterocycles. The molecule has 2 N–H and O–H groups in total. The molecule has 152 valence electrons. The first-order valence-electron chi connectivity index (χ1n) is 10.6. The largest absolute Gasteiger partial charge is 0.378 e. The molecule has 2 aliphatic rings. The summed E-state index contributed by atoms with van der Waals surface area (Å²) in [4.78, 5) is 9.77. The highest BCUT2D eigenvalue weighted by Gasteiger charge is 2.53. The summed E-state index contributed by atoms with van der Waals surface area (Å²) in [6.45, 7) is 14.7.